The van der Waals surface area contributed by atoms with Crippen molar-refractivity contribution in [3.05, 3.63) is 35.2 Å². The van der Waals surface area contributed by atoms with Gasteiger partial charge in [-0.3, -0.25) is 4.52 Å². The van der Waals surface area contributed by atoms with Crippen molar-refractivity contribution in [1.82, 2.24) is 10.1 Å². The number of hydrogen-bond donors (Lipinski definition) is 1. The predicted molar refractivity (Wildman–Crippen MR) is 56.5 cm³/mol. The molecule has 2 rings (SSSR count). The van der Waals surface area contributed by atoms with Gasteiger partial charge in [-0.1, -0.05) is 5.16 Å². The number of benzene rings is 1. The molecule has 0 saturated carbocycles. The first-order chi connectivity index (χ1) is 8.84. The number of alkyl halides is 3. The normalized spacial score (nSPS) is 11.6. The highest BCUT2D eigenvalue weighted by atomic mass is 19.4. The number of halogens is 3. The van der Waals surface area contributed by atoms with Gasteiger partial charge in [-0.2, -0.15) is 18.2 Å². The van der Waals surface area contributed by atoms with Crippen LogP contribution in [0.5, 0.6) is 11.8 Å². The Morgan fingerprint density at radius 1 is 1.32 bits per heavy atom. The molecule has 0 aliphatic heterocycles. The van der Waals surface area contributed by atoms with Crippen molar-refractivity contribution >= 4 is 0 Å². The van der Waals surface area contributed by atoms with Crippen molar-refractivity contribution in [2.45, 2.75) is 19.7 Å². The quantitative estimate of drug-likeness (QED) is 0.931. The van der Waals surface area contributed by atoms with Crippen molar-refractivity contribution in [2.24, 2.45) is 0 Å². The van der Waals surface area contributed by atoms with E-state index in [1.807, 2.05) is 0 Å². The monoisotopic (exact) mass is 274 g/mol. The number of rotatable bonds is 3. The fraction of sp³-hybridized carbons (Fsp3) is 0.273. The minimum Gasteiger partial charge on any atom is -0.508 e. The summed E-state index contributed by atoms with van der Waals surface area (Å²) in [6, 6.07) is 2.68. The molecule has 0 amide bonds. The third kappa shape index (κ3) is 3.36. The third-order valence-electron chi connectivity index (χ3n) is 2.18. The molecule has 0 aliphatic rings. The zero-order valence-corrected chi connectivity index (χ0v) is 9.73. The number of phenols is 1. The second-order valence-corrected chi connectivity index (χ2v) is 3.78. The van der Waals surface area contributed by atoms with Gasteiger partial charge in [-0.05, 0) is 30.7 Å². The molecule has 1 heterocycles. The lowest BCUT2D eigenvalue weighted by atomic mass is 10.1. The van der Waals surface area contributed by atoms with Gasteiger partial charge < -0.3 is 9.84 Å². The summed E-state index contributed by atoms with van der Waals surface area (Å²) in [7, 11) is 0. The minimum absolute atomic E-state index is 0.142. The van der Waals surface area contributed by atoms with Gasteiger partial charge in [0.25, 0.3) is 0 Å². The van der Waals surface area contributed by atoms with Gasteiger partial charge in [0.1, 0.15) is 12.4 Å². The van der Waals surface area contributed by atoms with Gasteiger partial charge in [0, 0.05) is 0 Å². The lowest BCUT2D eigenvalue weighted by molar-refractivity contribution is -0.137. The first-order valence-corrected chi connectivity index (χ1v) is 5.18. The molecule has 0 radical (unpaired) electrons. The van der Waals surface area contributed by atoms with Crippen LogP contribution >= 0.6 is 0 Å². The van der Waals surface area contributed by atoms with Crippen LogP contribution in [0.15, 0.2) is 22.7 Å². The van der Waals surface area contributed by atoms with Crippen molar-refractivity contribution in [3.63, 3.8) is 0 Å². The first kappa shape index (κ1) is 13.2. The van der Waals surface area contributed by atoms with Gasteiger partial charge in [0.15, 0.2) is 5.82 Å². The van der Waals surface area contributed by atoms with Crippen LogP contribution in [0.3, 0.4) is 0 Å². The second kappa shape index (κ2) is 4.79. The van der Waals surface area contributed by atoms with Crippen molar-refractivity contribution < 1.29 is 27.5 Å². The maximum atomic E-state index is 12.5. The smallest absolute Gasteiger partial charge is 0.417 e. The van der Waals surface area contributed by atoms with Crippen LogP contribution in [0.1, 0.15) is 17.0 Å². The van der Waals surface area contributed by atoms with Gasteiger partial charge in [0.2, 0.25) is 0 Å². The molecule has 0 spiro atoms. The Labute approximate surface area is 105 Å². The Balaban J connectivity index is 2.14. The fourth-order valence-corrected chi connectivity index (χ4v) is 1.40. The van der Waals surface area contributed by atoms with Gasteiger partial charge >= 0.3 is 12.3 Å². The van der Waals surface area contributed by atoms with Crippen LogP contribution in [0, 0.1) is 6.92 Å². The summed E-state index contributed by atoms with van der Waals surface area (Å²) >= 11 is 0. The maximum Gasteiger partial charge on any atom is 0.417 e. The molecule has 0 atom stereocenters. The van der Waals surface area contributed by atoms with Crippen molar-refractivity contribution in [2.75, 3.05) is 0 Å². The van der Waals surface area contributed by atoms with Gasteiger partial charge in [0.05, 0.1) is 5.56 Å². The van der Waals surface area contributed by atoms with E-state index in [-0.39, 0.29) is 18.2 Å². The molecule has 0 fully saturated rings. The average molecular weight is 274 g/mol. The van der Waals surface area contributed by atoms with Crippen LogP contribution in [0.25, 0.3) is 0 Å². The Morgan fingerprint density at radius 2 is 2.05 bits per heavy atom. The Hall–Kier alpha value is -2.25. The van der Waals surface area contributed by atoms with E-state index in [1.54, 1.807) is 6.92 Å². The first-order valence-electron chi connectivity index (χ1n) is 5.18. The number of ether oxygens (including phenoxy) is 1. The Morgan fingerprint density at radius 3 is 2.63 bits per heavy atom. The molecule has 0 unspecified atom stereocenters. The van der Waals surface area contributed by atoms with Crippen LogP contribution in [-0.2, 0) is 12.8 Å². The highest BCUT2D eigenvalue weighted by Gasteiger charge is 2.31. The number of nitrogens with zero attached hydrogens (tertiary/aromatic N) is 2. The van der Waals surface area contributed by atoms with E-state index in [9.17, 15) is 18.3 Å². The molecule has 0 saturated heterocycles. The average Bonchev–Trinajstić information content (AvgIpc) is 2.71. The second-order valence-electron chi connectivity index (χ2n) is 3.78. The number of phenolic OH excluding ortho intramolecular Hbond substituents is 1. The zero-order chi connectivity index (χ0) is 14.0. The minimum atomic E-state index is -4.53. The van der Waals surface area contributed by atoms with E-state index >= 15 is 0 Å². The summed E-state index contributed by atoms with van der Waals surface area (Å²) in [5.41, 5.74) is -0.809. The summed E-state index contributed by atoms with van der Waals surface area (Å²) in [6.45, 7) is 1.35. The summed E-state index contributed by atoms with van der Waals surface area (Å²) in [5, 5.41) is 12.7. The lowest BCUT2D eigenvalue weighted by Gasteiger charge is -2.09. The standard InChI is InChI=1S/C11H9F3N2O3/c1-6-15-10(19-16-6)18-5-7-2-8(11(12,13)14)4-9(17)3-7/h2-4,17H,5H2,1H3. The molecule has 0 bridgehead atoms. The van der Waals surface area contributed by atoms with Crippen LogP contribution < -0.4 is 4.74 Å². The van der Waals surface area contributed by atoms with E-state index in [4.69, 9.17) is 4.74 Å². The topological polar surface area (TPSA) is 68.4 Å². The summed E-state index contributed by atoms with van der Waals surface area (Å²) < 4.78 is 47.2. The maximum absolute atomic E-state index is 12.5. The molecular weight excluding hydrogens is 265 g/mol. The molecule has 5 nitrogen and oxygen atoms in total. The fourth-order valence-electron chi connectivity index (χ4n) is 1.40. The van der Waals surface area contributed by atoms with E-state index in [1.165, 1.54) is 6.07 Å². The van der Waals surface area contributed by atoms with Crippen molar-refractivity contribution in [1.29, 1.82) is 0 Å². The summed E-state index contributed by atoms with van der Waals surface area (Å²) in [4.78, 5) is 3.73. The molecule has 1 aromatic heterocycles. The molecular formula is C11H9F3N2O3. The summed E-state index contributed by atoms with van der Waals surface area (Å²) in [5.74, 6) is -0.142. The van der Waals surface area contributed by atoms with Gasteiger partial charge in [-0.25, -0.2) is 0 Å². The van der Waals surface area contributed by atoms with Crippen LogP contribution in [0.4, 0.5) is 13.2 Å². The number of aromatic hydroxyl groups is 1. The van der Waals surface area contributed by atoms with E-state index in [0.29, 0.717) is 11.9 Å². The molecule has 8 heteroatoms. The summed E-state index contributed by atoms with van der Waals surface area (Å²) in [6.07, 6.45) is -4.68. The SMILES string of the molecule is Cc1noc(OCc2cc(O)cc(C(F)(F)F)c2)n1. The largest absolute Gasteiger partial charge is 0.508 e. The lowest BCUT2D eigenvalue weighted by Crippen LogP contribution is -2.06. The molecule has 1 N–H and O–H groups in total. The Bertz CT molecular complexity index is 581. The van der Waals surface area contributed by atoms with Crippen LogP contribution in [0.2, 0.25) is 0 Å². The Kier molecular flexibility index (Phi) is 3.32. The highest BCUT2D eigenvalue weighted by Crippen LogP contribution is 2.32. The molecule has 0 aliphatic carbocycles. The molecule has 19 heavy (non-hydrogen) atoms. The van der Waals surface area contributed by atoms with E-state index < -0.39 is 17.5 Å². The molecule has 102 valence electrons. The van der Waals surface area contributed by atoms with E-state index in [2.05, 4.69) is 14.7 Å². The number of hydrogen-bond acceptors (Lipinski definition) is 5. The molecule has 2 aromatic rings. The van der Waals surface area contributed by atoms with Crippen LogP contribution in [-0.4, -0.2) is 15.2 Å². The zero-order valence-electron chi connectivity index (χ0n) is 9.73. The van der Waals surface area contributed by atoms with E-state index in [0.717, 1.165) is 6.07 Å². The van der Waals surface area contributed by atoms with Gasteiger partial charge in [-0.15, -0.1) is 0 Å². The predicted octanol–water partition coefficient (Wildman–Crippen LogP) is 2.68. The molecule has 1 aromatic carbocycles. The highest BCUT2D eigenvalue weighted by molar-refractivity contribution is 5.34. The number of aryl methyl sites for hydroxylation is 1. The third-order valence-corrected chi connectivity index (χ3v) is 2.18. The van der Waals surface area contributed by atoms with Crippen molar-refractivity contribution in [3.8, 4) is 11.8 Å². The number of aromatic nitrogens is 2.